The van der Waals surface area contributed by atoms with E-state index in [-0.39, 0.29) is 0 Å². The van der Waals surface area contributed by atoms with Gasteiger partial charge in [0.15, 0.2) is 5.58 Å². The predicted molar refractivity (Wildman–Crippen MR) is 107 cm³/mol. The highest BCUT2D eigenvalue weighted by Gasteiger charge is 2.29. The zero-order valence-electron chi connectivity index (χ0n) is 15.4. The molecule has 29 heavy (non-hydrogen) atoms. The summed E-state index contributed by atoms with van der Waals surface area (Å²) >= 11 is 1.34. The molecule has 0 bridgehead atoms. The molecule has 4 rings (SSSR count). The summed E-state index contributed by atoms with van der Waals surface area (Å²) in [6.45, 7) is 0. The number of oxazole rings is 1. The van der Waals surface area contributed by atoms with Crippen molar-refractivity contribution in [1.29, 1.82) is 0 Å². The summed E-state index contributed by atoms with van der Waals surface area (Å²) < 4.78 is 48.9. The van der Waals surface area contributed by atoms with E-state index < -0.39 is 11.7 Å². The van der Waals surface area contributed by atoms with Crippen LogP contribution in [0, 0.1) is 0 Å². The normalized spacial score (nSPS) is 11.7. The van der Waals surface area contributed by atoms with Gasteiger partial charge in [-0.05, 0) is 53.1 Å². The minimum Gasteiger partial charge on any atom is -0.497 e. The van der Waals surface area contributed by atoms with E-state index in [2.05, 4.69) is 4.98 Å². The fourth-order valence-corrected chi connectivity index (χ4v) is 3.66. The van der Waals surface area contributed by atoms with Gasteiger partial charge in [0.2, 0.25) is 0 Å². The van der Waals surface area contributed by atoms with Crippen molar-refractivity contribution >= 4 is 22.9 Å². The van der Waals surface area contributed by atoms with Gasteiger partial charge in [-0.2, -0.15) is 13.2 Å². The molecule has 3 aromatic carbocycles. The molecule has 4 aromatic rings. The minimum atomic E-state index is -4.33. The molecule has 0 unspecified atom stereocenters. The number of methoxy groups -OCH3 is 1. The van der Waals surface area contributed by atoms with Crippen molar-refractivity contribution < 1.29 is 22.3 Å². The van der Waals surface area contributed by atoms with E-state index in [1.165, 1.54) is 23.9 Å². The van der Waals surface area contributed by atoms with Gasteiger partial charge in [0.25, 0.3) is 5.22 Å². The van der Waals surface area contributed by atoms with Crippen LogP contribution < -0.4 is 4.74 Å². The maximum Gasteiger partial charge on any atom is 0.416 e. The van der Waals surface area contributed by atoms with E-state index in [0.717, 1.165) is 40.1 Å². The highest BCUT2D eigenvalue weighted by molar-refractivity contribution is 7.98. The molecule has 0 saturated heterocycles. The van der Waals surface area contributed by atoms with Gasteiger partial charge in [0.05, 0.1) is 12.7 Å². The fourth-order valence-electron chi connectivity index (χ4n) is 2.86. The second-order valence-electron chi connectivity index (χ2n) is 6.37. The molecule has 0 fully saturated rings. The molecular formula is C22H16F3NO2S. The first-order valence-corrected chi connectivity index (χ1v) is 9.75. The van der Waals surface area contributed by atoms with Crippen LogP contribution in [0.3, 0.4) is 0 Å². The number of aromatic nitrogens is 1. The van der Waals surface area contributed by atoms with Crippen molar-refractivity contribution in [1.82, 2.24) is 4.98 Å². The van der Waals surface area contributed by atoms with Gasteiger partial charge in [-0.15, -0.1) is 0 Å². The third kappa shape index (κ3) is 4.40. The van der Waals surface area contributed by atoms with Crippen molar-refractivity contribution in [3.8, 4) is 16.9 Å². The Bertz CT molecular complexity index is 1120. The quantitative estimate of drug-likeness (QED) is 0.335. The number of hydrogen-bond acceptors (Lipinski definition) is 4. The van der Waals surface area contributed by atoms with Crippen molar-refractivity contribution in [3.63, 3.8) is 0 Å². The lowest BCUT2D eigenvalue weighted by Crippen LogP contribution is -2.04. The molecule has 3 nitrogen and oxygen atoms in total. The van der Waals surface area contributed by atoms with Gasteiger partial charge in [-0.3, -0.25) is 0 Å². The average molecular weight is 415 g/mol. The first-order valence-electron chi connectivity index (χ1n) is 8.76. The lowest BCUT2D eigenvalue weighted by atomic mass is 10.1. The van der Waals surface area contributed by atoms with Gasteiger partial charge in [-0.25, -0.2) is 4.98 Å². The zero-order chi connectivity index (χ0) is 20.4. The van der Waals surface area contributed by atoms with E-state index >= 15 is 0 Å². The van der Waals surface area contributed by atoms with Gasteiger partial charge in [0, 0.05) is 5.75 Å². The molecule has 1 aromatic heterocycles. The van der Waals surface area contributed by atoms with Crippen LogP contribution in [0.15, 0.2) is 76.4 Å². The largest absolute Gasteiger partial charge is 0.497 e. The lowest BCUT2D eigenvalue weighted by Gasteiger charge is -2.06. The number of halogens is 3. The summed E-state index contributed by atoms with van der Waals surface area (Å²) in [4.78, 5) is 4.44. The summed E-state index contributed by atoms with van der Waals surface area (Å²) in [6, 6.07) is 18.6. The summed E-state index contributed by atoms with van der Waals surface area (Å²) in [5.74, 6) is 1.26. The molecule has 0 aliphatic carbocycles. The highest BCUT2D eigenvalue weighted by Crippen LogP contribution is 2.32. The van der Waals surface area contributed by atoms with Gasteiger partial charge >= 0.3 is 6.18 Å². The van der Waals surface area contributed by atoms with Crippen molar-refractivity contribution in [2.45, 2.75) is 17.2 Å². The number of benzene rings is 3. The SMILES string of the molecule is COc1ccc(-c2ccc3nc(SCc4ccc(C(F)(F)F)cc4)oc3c2)cc1. The molecule has 0 radical (unpaired) electrons. The van der Waals surface area contributed by atoms with Crippen LogP contribution in [0.1, 0.15) is 11.1 Å². The highest BCUT2D eigenvalue weighted by atomic mass is 32.2. The van der Waals surface area contributed by atoms with Crippen molar-refractivity contribution in [3.05, 3.63) is 77.9 Å². The Hall–Kier alpha value is -2.93. The lowest BCUT2D eigenvalue weighted by molar-refractivity contribution is -0.137. The molecule has 0 saturated carbocycles. The van der Waals surface area contributed by atoms with Gasteiger partial charge < -0.3 is 9.15 Å². The number of alkyl halides is 3. The second-order valence-corrected chi connectivity index (χ2v) is 7.30. The molecule has 0 amide bonds. The Balaban J connectivity index is 1.48. The Morgan fingerprint density at radius 3 is 2.28 bits per heavy atom. The maximum absolute atomic E-state index is 12.6. The maximum atomic E-state index is 12.6. The van der Waals surface area contributed by atoms with Gasteiger partial charge in [-0.1, -0.05) is 42.1 Å². The van der Waals surface area contributed by atoms with E-state index in [1.807, 2.05) is 42.5 Å². The summed E-state index contributed by atoms with van der Waals surface area (Å²) in [6.07, 6.45) is -4.33. The smallest absolute Gasteiger partial charge is 0.416 e. The van der Waals surface area contributed by atoms with Crippen LogP contribution >= 0.6 is 11.8 Å². The van der Waals surface area contributed by atoms with Crippen LogP contribution in [-0.2, 0) is 11.9 Å². The minimum absolute atomic E-state index is 0.469. The molecule has 0 aliphatic heterocycles. The molecule has 148 valence electrons. The van der Waals surface area contributed by atoms with Crippen molar-refractivity contribution in [2.24, 2.45) is 0 Å². The Kier molecular flexibility index (Phi) is 5.24. The Morgan fingerprint density at radius 2 is 1.62 bits per heavy atom. The van der Waals surface area contributed by atoms with Crippen molar-refractivity contribution in [2.75, 3.05) is 7.11 Å². The number of nitrogens with zero attached hydrogens (tertiary/aromatic N) is 1. The number of fused-ring (bicyclic) bond motifs is 1. The molecule has 0 aliphatic rings. The standard InChI is InChI=1S/C22H16F3NO2S/c1-27-18-9-4-15(5-10-18)16-6-11-19-20(12-16)28-21(26-19)29-13-14-2-7-17(8-3-14)22(23,24)25/h2-12H,13H2,1H3. The van der Waals surface area contributed by atoms with Gasteiger partial charge in [0.1, 0.15) is 11.3 Å². The molecular weight excluding hydrogens is 399 g/mol. The van der Waals surface area contributed by atoms with Crippen LogP contribution in [0.5, 0.6) is 5.75 Å². The molecule has 7 heteroatoms. The number of rotatable bonds is 5. The van der Waals surface area contributed by atoms with Crippen LogP contribution in [0.2, 0.25) is 0 Å². The van der Waals surface area contributed by atoms with E-state index in [9.17, 15) is 13.2 Å². The molecule has 1 heterocycles. The molecule has 0 spiro atoms. The Labute approximate surface area is 169 Å². The topological polar surface area (TPSA) is 35.3 Å². The number of hydrogen-bond donors (Lipinski definition) is 0. The van der Waals surface area contributed by atoms with E-state index in [4.69, 9.17) is 9.15 Å². The van der Waals surface area contributed by atoms with Crippen LogP contribution in [0.25, 0.3) is 22.2 Å². The fraction of sp³-hybridized carbons (Fsp3) is 0.136. The monoisotopic (exact) mass is 415 g/mol. The van der Waals surface area contributed by atoms with E-state index in [0.29, 0.717) is 16.6 Å². The third-order valence-electron chi connectivity index (χ3n) is 4.44. The third-order valence-corrected chi connectivity index (χ3v) is 5.33. The molecule has 0 N–H and O–H groups in total. The summed E-state index contributed by atoms with van der Waals surface area (Å²) in [5, 5.41) is 0.478. The number of ether oxygens (including phenoxy) is 1. The summed E-state index contributed by atoms with van der Waals surface area (Å²) in [7, 11) is 1.62. The van der Waals surface area contributed by atoms with Crippen LogP contribution in [-0.4, -0.2) is 12.1 Å². The first kappa shape index (κ1) is 19.4. The second kappa shape index (κ2) is 7.83. The Morgan fingerprint density at radius 1 is 0.931 bits per heavy atom. The predicted octanol–water partition coefficient (Wildman–Crippen LogP) is 6.81. The first-order chi connectivity index (χ1) is 13.9. The van der Waals surface area contributed by atoms with Crippen LogP contribution in [0.4, 0.5) is 13.2 Å². The van der Waals surface area contributed by atoms with E-state index in [1.54, 1.807) is 7.11 Å². The average Bonchev–Trinajstić information content (AvgIpc) is 3.14. The number of thioether (sulfide) groups is 1. The summed E-state index contributed by atoms with van der Waals surface area (Å²) in [5.41, 5.74) is 3.53. The zero-order valence-corrected chi connectivity index (χ0v) is 16.2. The molecule has 0 atom stereocenters.